The Hall–Kier alpha value is -2.68. The third-order valence-corrected chi connectivity index (χ3v) is 10.2. The van der Waals surface area contributed by atoms with Crippen molar-refractivity contribution in [3.63, 3.8) is 0 Å². The molecule has 1 heterocycles. The van der Waals surface area contributed by atoms with Gasteiger partial charge in [-0.25, -0.2) is 0 Å². The summed E-state index contributed by atoms with van der Waals surface area (Å²) in [6, 6.07) is 17.2. The van der Waals surface area contributed by atoms with Crippen LogP contribution >= 0.6 is 0 Å². The molecular weight excluding hydrogens is 396 g/mol. The summed E-state index contributed by atoms with van der Waals surface area (Å²) in [5, 5.41) is 0.671. The predicted molar refractivity (Wildman–Crippen MR) is 122 cm³/mol. The van der Waals surface area contributed by atoms with Crippen LogP contribution in [0.4, 0.5) is 0 Å². The average molecular weight is 423 g/mol. The first kappa shape index (κ1) is 17.8. The summed E-state index contributed by atoms with van der Waals surface area (Å²) in [6.45, 7) is 0. The first-order valence-electron chi connectivity index (χ1n) is 12.4. The van der Waals surface area contributed by atoms with E-state index in [0.717, 1.165) is 34.8 Å². The van der Waals surface area contributed by atoms with Crippen LogP contribution in [0.2, 0.25) is 0 Å². The number of rotatable bonds is 2. The van der Waals surface area contributed by atoms with Gasteiger partial charge >= 0.3 is 0 Å². The minimum atomic E-state index is -0.315. The van der Waals surface area contributed by atoms with E-state index in [1.54, 1.807) is 0 Å². The average Bonchev–Trinajstić information content (AvgIpc) is 3.62. The number of ketones is 1. The molecule has 0 unspecified atom stereocenters. The van der Waals surface area contributed by atoms with Gasteiger partial charge in [-0.1, -0.05) is 42.5 Å². The molecule has 3 aromatic rings. The second-order valence-corrected chi connectivity index (χ2v) is 11.1. The van der Waals surface area contributed by atoms with Crippen LogP contribution in [0, 0.1) is 41.4 Å². The minimum Gasteiger partial charge on any atom is -0.460 e. The summed E-state index contributed by atoms with van der Waals surface area (Å²) >= 11 is 0. The predicted octanol–water partition coefficient (Wildman–Crippen LogP) is 5.78. The van der Waals surface area contributed by atoms with Crippen molar-refractivity contribution in [3.8, 4) is 0 Å². The fourth-order valence-electron chi connectivity index (χ4n) is 9.46. The Kier molecular flexibility index (Phi) is 3.35. The highest BCUT2D eigenvalue weighted by molar-refractivity contribution is 6.02. The van der Waals surface area contributed by atoms with Gasteiger partial charge in [0.25, 0.3) is 0 Å². The molecule has 0 N–H and O–H groups in total. The highest BCUT2D eigenvalue weighted by Crippen LogP contribution is 2.75. The third kappa shape index (κ3) is 2.00. The van der Waals surface area contributed by atoms with Crippen molar-refractivity contribution < 1.29 is 9.21 Å². The fourth-order valence-corrected chi connectivity index (χ4v) is 9.46. The number of hydrogen-bond donors (Lipinski definition) is 0. The number of carbonyl (C=O) groups is 1. The molecule has 0 amide bonds. The largest absolute Gasteiger partial charge is 0.460 e. The van der Waals surface area contributed by atoms with Gasteiger partial charge in [0, 0.05) is 11.1 Å². The van der Waals surface area contributed by atoms with Crippen LogP contribution in [0.15, 0.2) is 63.8 Å². The van der Waals surface area contributed by atoms with Gasteiger partial charge in [0.2, 0.25) is 0 Å². The van der Waals surface area contributed by atoms with Gasteiger partial charge in [-0.3, -0.25) is 9.59 Å². The topological polar surface area (TPSA) is 47.3 Å². The summed E-state index contributed by atoms with van der Waals surface area (Å²) in [6.07, 6.45) is 5.34. The second kappa shape index (κ2) is 6.01. The summed E-state index contributed by atoms with van der Waals surface area (Å²) < 4.78 is 6.47. The Morgan fingerprint density at radius 1 is 0.812 bits per heavy atom. The molecular formula is C29H26O3. The van der Waals surface area contributed by atoms with E-state index in [2.05, 4.69) is 0 Å². The lowest BCUT2D eigenvalue weighted by Gasteiger charge is -2.42. The van der Waals surface area contributed by atoms with Crippen LogP contribution in [0.3, 0.4) is 0 Å². The van der Waals surface area contributed by atoms with Crippen LogP contribution in [0.5, 0.6) is 0 Å². The Bertz CT molecular complexity index is 1340. The van der Waals surface area contributed by atoms with Gasteiger partial charge in [-0.15, -0.1) is 0 Å². The van der Waals surface area contributed by atoms with Crippen molar-refractivity contribution in [1.82, 2.24) is 0 Å². The number of Topliss-reactive ketones (excluding diaryl/α,β-unsaturated/α-hetero) is 1. The maximum absolute atomic E-state index is 14.0. The maximum Gasteiger partial charge on any atom is 0.196 e. The molecule has 8 rings (SSSR count). The van der Waals surface area contributed by atoms with Crippen molar-refractivity contribution >= 4 is 16.8 Å². The highest BCUT2D eigenvalue weighted by atomic mass is 16.3. The molecule has 32 heavy (non-hydrogen) atoms. The molecule has 0 spiro atoms. The van der Waals surface area contributed by atoms with Crippen LogP contribution in [0.25, 0.3) is 11.0 Å². The smallest absolute Gasteiger partial charge is 0.196 e. The standard InChI is InChI=1S/C29H26O3/c30-27(14-6-2-1-3-7-14)25-23-18-13-19(22-16-11-10-15(12-16)21(18)22)24(23)26-28(31)17-8-4-5-9-20(17)32-29(25)26/h1-9,15-16,18-19,21-25H,10-13H2/t15-,16+,18-,19+,21-,22+,23-,24+,25-/m1/s1. The molecule has 0 aliphatic heterocycles. The van der Waals surface area contributed by atoms with E-state index in [0.29, 0.717) is 28.6 Å². The van der Waals surface area contributed by atoms with Gasteiger partial charge in [0.05, 0.1) is 11.3 Å². The fraction of sp³-hybridized carbons (Fsp3) is 0.448. The molecule has 0 saturated heterocycles. The normalized spacial score (nSPS) is 39.9. The first-order chi connectivity index (χ1) is 15.7. The van der Waals surface area contributed by atoms with E-state index in [9.17, 15) is 9.59 Å². The maximum atomic E-state index is 14.0. The van der Waals surface area contributed by atoms with E-state index in [1.807, 2.05) is 54.6 Å². The number of para-hydroxylation sites is 1. The summed E-state index contributed by atoms with van der Waals surface area (Å²) in [5.41, 5.74) is 2.34. The zero-order valence-corrected chi connectivity index (χ0v) is 17.9. The first-order valence-corrected chi connectivity index (χ1v) is 12.4. The van der Waals surface area contributed by atoms with Crippen molar-refractivity contribution in [3.05, 3.63) is 81.7 Å². The molecule has 0 radical (unpaired) electrons. The van der Waals surface area contributed by atoms with Crippen molar-refractivity contribution in [2.24, 2.45) is 41.4 Å². The van der Waals surface area contributed by atoms with Gasteiger partial charge in [0.1, 0.15) is 11.3 Å². The Morgan fingerprint density at radius 2 is 1.53 bits per heavy atom. The van der Waals surface area contributed by atoms with Crippen LogP contribution < -0.4 is 5.43 Å². The number of fused-ring (bicyclic) bond motifs is 15. The lowest BCUT2D eigenvalue weighted by Crippen LogP contribution is -2.38. The molecule has 5 aliphatic rings. The summed E-state index contributed by atoms with van der Waals surface area (Å²) in [7, 11) is 0. The van der Waals surface area contributed by atoms with Crippen LogP contribution in [-0.2, 0) is 0 Å². The molecule has 5 aliphatic carbocycles. The molecule has 4 fully saturated rings. The van der Waals surface area contributed by atoms with Crippen LogP contribution in [-0.4, -0.2) is 5.78 Å². The number of carbonyl (C=O) groups excluding carboxylic acids is 1. The van der Waals surface area contributed by atoms with Crippen molar-refractivity contribution in [2.45, 2.75) is 37.5 Å². The van der Waals surface area contributed by atoms with E-state index >= 15 is 0 Å². The molecule has 2 aromatic carbocycles. The molecule has 160 valence electrons. The third-order valence-electron chi connectivity index (χ3n) is 10.2. The lowest BCUT2D eigenvalue weighted by atomic mass is 9.62. The van der Waals surface area contributed by atoms with Crippen LogP contribution in [0.1, 0.15) is 59.2 Å². The van der Waals surface area contributed by atoms with E-state index < -0.39 is 0 Å². The molecule has 3 nitrogen and oxygen atoms in total. The molecule has 4 saturated carbocycles. The lowest BCUT2D eigenvalue weighted by molar-refractivity contribution is 0.0683. The van der Waals surface area contributed by atoms with E-state index in [4.69, 9.17) is 4.42 Å². The van der Waals surface area contributed by atoms with Crippen molar-refractivity contribution in [1.29, 1.82) is 0 Å². The Labute approximate surface area is 186 Å². The van der Waals surface area contributed by atoms with E-state index in [-0.39, 0.29) is 29.0 Å². The summed E-state index contributed by atoms with van der Waals surface area (Å²) in [4.78, 5) is 27.8. The van der Waals surface area contributed by atoms with E-state index in [1.165, 1.54) is 25.7 Å². The summed E-state index contributed by atoms with van der Waals surface area (Å²) in [5.74, 6) is 5.31. The number of hydrogen-bond acceptors (Lipinski definition) is 3. The second-order valence-electron chi connectivity index (χ2n) is 11.1. The quantitative estimate of drug-likeness (QED) is 0.388. The minimum absolute atomic E-state index is 0.118. The van der Waals surface area contributed by atoms with Gasteiger partial charge in [-0.2, -0.15) is 0 Å². The monoisotopic (exact) mass is 422 g/mol. The molecule has 3 heteroatoms. The van der Waals surface area contributed by atoms with Crippen molar-refractivity contribution in [2.75, 3.05) is 0 Å². The van der Waals surface area contributed by atoms with Gasteiger partial charge in [-0.05, 0) is 85.2 Å². The zero-order chi connectivity index (χ0) is 21.1. The highest BCUT2D eigenvalue weighted by Gasteiger charge is 2.70. The van der Waals surface area contributed by atoms with Gasteiger partial charge < -0.3 is 4.42 Å². The Balaban J connectivity index is 1.36. The van der Waals surface area contributed by atoms with Gasteiger partial charge in [0.15, 0.2) is 11.2 Å². The zero-order valence-electron chi connectivity index (χ0n) is 17.9. The molecule has 4 bridgehead atoms. The number of benzene rings is 2. The Morgan fingerprint density at radius 3 is 2.34 bits per heavy atom. The molecule has 9 atom stereocenters. The SMILES string of the molecule is O=C(c1ccccc1)[C@@H]1c2oc3ccccc3c(=O)c2[C@H]2[C@H]3C[C@H]([C@H]4[C@@H]5CC[C@@H](C5)[C@@H]34)[C@H]21. The molecule has 1 aromatic heterocycles.